The molecule has 0 fully saturated rings. The Hall–Kier alpha value is -1.03. The highest BCUT2D eigenvalue weighted by molar-refractivity contribution is 6.31. The fraction of sp³-hybridized carbons (Fsp3) is 0.357. The van der Waals surface area contributed by atoms with Crippen LogP contribution in [0.25, 0.3) is 0 Å². The summed E-state index contributed by atoms with van der Waals surface area (Å²) in [6, 6.07) is 7.53. The van der Waals surface area contributed by atoms with Crippen LogP contribution in [0.5, 0.6) is 0 Å². The first-order valence-corrected chi connectivity index (χ1v) is 6.84. The summed E-state index contributed by atoms with van der Waals surface area (Å²) in [4.78, 5) is 0. The molecule has 0 spiro atoms. The summed E-state index contributed by atoms with van der Waals surface area (Å²) in [7, 11) is 1.79. The van der Waals surface area contributed by atoms with E-state index in [0.717, 1.165) is 16.8 Å². The fourth-order valence-electron chi connectivity index (χ4n) is 2.13. The summed E-state index contributed by atoms with van der Waals surface area (Å²) < 4.78 is 1.62. The molecule has 0 saturated heterocycles. The summed E-state index contributed by atoms with van der Waals surface area (Å²) in [6.45, 7) is 1.89. The maximum atomic E-state index is 10.2. The van der Waals surface area contributed by atoms with Crippen LogP contribution >= 0.6 is 23.2 Å². The molecule has 2 rings (SSSR count). The number of rotatable bonds is 4. The summed E-state index contributed by atoms with van der Waals surface area (Å²) in [5.41, 5.74) is 2.68. The molecule has 0 saturated carbocycles. The van der Waals surface area contributed by atoms with Crippen LogP contribution < -0.4 is 0 Å². The molecule has 3 nitrogen and oxygen atoms in total. The first-order valence-electron chi connectivity index (χ1n) is 6.08. The van der Waals surface area contributed by atoms with Gasteiger partial charge in [0.25, 0.3) is 0 Å². The largest absolute Gasteiger partial charge is 0.392 e. The molecular formula is C14H16Cl2N2O. The van der Waals surface area contributed by atoms with Crippen LogP contribution in [0.15, 0.2) is 24.3 Å². The quantitative estimate of drug-likeness (QED) is 0.941. The molecule has 2 aromatic rings. The summed E-state index contributed by atoms with van der Waals surface area (Å²) in [5, 5.41) is 15.7. The molecule has 1 heterocycles. The summed E-state index contributed by atoms with van der Waals surface area (Å²) in [5.74, 6) is 0. The van der Waals surface area contributed by atoms with Gasteiger partial charge in [0.2, 0.25) is 0 Å². The van der Waals surface area contributed by atoms with Crippen LogP contribution in [-0.4, -0.2) is 21.0 Å². The van der Waals surface area contributed by atoms with Crippen molar-refractivity contribution in [1.29, 1.82) is 0 Å². The summed E-state index contributed by atoms with van der Waals surface area (Å²) >= 11 is 12.2. The highest BCUT2D eigenvalue weighted by Crippen LogP contribution is 2.23. The van der Waals surface area contributed by atoms with E-state index in [4.69, 9.17) is 23.2 Å². The maximum absolute atomic E-state index is 10.2. The van der Waals surface area contributed by atoms with Crippen LogP contribution in [0.3, 0.4) is 0 Å². The average Bonchev–Trinajstić information content (AvgIpc) is 2.59. The second-order valence-corrected chi connectivity index (χ2v) is 5.40. The zero-order valence-corrected chi connectivity index (χ0v) is 12.4. The lowest BCUT2D eigenvalue weighted by atomic mass is 10.0. The third-order valence-electron chi connectivity index (χ3n) is 3.12. The van der Waals surface area contributed by atoms with Gasteiger partial charge in [-0.05, 0) is 18.6 Å². The molecule has 0 amide bonds. The van der Waals surface area contributed by atoms with Crippen molar-refractivity contribution < 1.29 is 5.11 Å². The van der Waals surface area contributed by atoms with Gasteiger partial charge < -0.3 is 5.11 Å². The third kappa shape index (κ3) is 3.30. The standard InChI is InChI=1S/C14H16Cl2N2O/c1-9-12(14(16)18(2)17-9)8-11(19)7-10-5-3-4-6-13(10)15/h3-6,11,19H,7-8H2,1-2H3. The minimum Gasteiger partial charge on any atom is -0.392 e. The molecule has 0 aliphatic carbocycles. The minimum atomic E-state index is -0.528. The highest BCUT2D eigenvalue weighted by atomic mass is 35.5. The molecule has 102 valence electrons. The number of benzene rings is 1. The number of aryl methyl sites for hydroxylation is 2. The van der Waals surface area contributed by atoms with Gasteiger partial charge in [-0.1, -0.05) is 41.4 Å². The van der Waals surface area contributed by atoms with E-state index < -0.39 is 6.10 Å². The molecule has 5 heteroatoms. The van der Waals surface area contributed by atoms with Crippen molar-refractivity contribution >= 4 is 23.2 Å². The second-order valence-electron chi connectivity index (χ2n) is 4.63. The smallest absolute Gasteiger partial charge is 0.130 e. The van der Waals surface area contributed by atoms with Crippen molar-refractivity contribution in [2.45, 2.75) is 25.9 Å². The Labute approximate surface area is 122 Å². The first kappa shape index (κ1) is 14.4. The first-order chi connectivity index (χ1) is 8.99. The highest BCUT2D eigenvalue weighted by Gasteiger charge is 2.16. The Morgan fingerprint density at radius 2 is 1.95 bits per heavy atom. The van der Waals surface area contributed by atoms with Gasteiger partial charge in [-0.25, -0.2) is 0 Å². The Kier molecular flexibility index (Phi) is 4.50. The normalized spacial score (nSPS) is 12.7. The Balaban J connectivity index is 2.10. The van der Waals surface area contributed by atoms with Gasteiger partial charge in [0.15, 0.2) is 0 Å². The molecule has 0 aliphatic rings. The molecule has 1 atom stereocenters. The van der Waals surface area contributed by atoms with E-state index in [1.807, 2.05) is 31.2 Å². The number of halogens is 2. The SMILES string of the molecule is Cc1nn(C)c(Cl)c1CC(O)Cc1ccccc1Cl. The van der Waals surface area contributed by atoms with Crippen LogP contribution in [-0.2, 0) is 19.9 Å². The lowest BCUT2D eigenvalue weighted by Crippen LogP contribution is -2.14. The van der Waals surface area contributed by atoms with Crippen molar-refractivity contribution in [3.8, 4) is 0 Å². The Bertz CT molecular complexity index is 581. The predicted octanol–water partition coefficient (Wildman–Crippen LogP) is 3.18. The zero-order valence-electron chi connectivity index (χ0n) is 10.9. The number of hydrogen-bond acceptors (Lipinski definition) is 2. The van der Waals surface area contributed by atoms with E-state index in [1.54, 1.807) is 11.7 Å². The number of aliphatic hydroxyl groups is 1. The molecule has 1 aromatic carbocycles. The van der Waals surface area contributed by atoms with E-state index in [9.17, 15) is 5.11 Å². The van der Waals surface area contributed by atoms with Crippen LogP contribution in [0, 0.1) is 6.92 Å². The van der Waals surface area contributed by atoms with Crippen molar-refractivity contribution in [3.63, 3.8) is 0 Å². The molecular weight excluding hydrogens is 283 g/mol. The third-order valence-corrected chi connectivity index (χ3v) is 3.96. The monoisotopic (exact) mass is 298 g/mol. The molecule has 0 radical (unpaired) electrons. The van der Waals surface area contributed by atoms with Gasteiger partial charge in [-0.15, -0.1) is 0 Å². The van der Waals surface area contributed by atoms with E-state index in [-0.39, 0.29) is 0 Å². The van der Waals surface area contributed by atoms with Gasteiger partial charge in [0.1, 0.15) is 5.15 Å². The van der Waals surface area contributed by atoms with Gasteiger partial charge >= 0.3 is 0 Å². The maximum Gasteiger partial charge on any atom is 0.130 e. The van der Waals surface area contributed by atoms with Gasteiger partial charge in [0.05, 0.1) is 11.8 Å². The lowest BCUT2D eigenvalue weighted by Gasteiger charge is -2.11. The minimum absolute atomic E-state index is 0.476. The average molecular weight is 299 g/mol. The lowest BCUT2D eigenvalue weighted by molar-refractivity contribution is 0.175. The van der Waals surface area contributed by atoms with Crippen molar-refractivity contribution in [1.82, 2.24) is 9.78 Å². The van der Waals surface area contributed by atoms with Gasteiger partial charge in [0, 0.05) is 30.5 Å². The van der Waals surface area contributed by atoms with Crippen molar-refractivity contribution in [2.75, 3.05) is 0 Å². The predicted molar refractivity (Wildman–Crippen MR) is 77.8 cm³/mol. The fourth-order valence-corrected chi connectivity index (χ4v) is 2.60. The van der Waals surface area contributed by atoms with E-state index >= 15 is 0 Å². The van der Waals surface area contributed by atoms with Crippen LogP contribution in [0.4, 0.5) is 0 Å². The zero-order chi connectivity index (χ0) is 14.0. The number of hydrogen-bond donors (Lipinski definition) is 1. The molecule has 1 unspecified atom stereocenters. The van der Waals surface area contributed by atoms with Crippen molar-refractivity contribution in [3.05, 3.63) is 51.3 Å². The van der Waals surface area contributed by atoms with E-state index in [2.05, 4.69) is 5.10 Å². The second kappa shape index (κ2) is 5.95. The molecule has 19 heavy (non-hydrogen) atoms. The number of aliphatic hydroxyl groups excluding tert-OH is 1. The molecule has 1 aromatic heterocycles. The number of nitrogens with zero attached hydrogens (tertiary/aromatic N) is 2. The molecule has 0 aliphatic heterocycles. The van der Waals surface area contributed by atoms with Crippen LogP contribution in [0.1, 0.15) is 16.8 Å². The van der Waals surface area contributed by atoms with E-state index in [0.29, 0.717) is 23.0 Å². The molecule has 1 N–H and O–H groups in total. The van der Waals surface area contributed by atoms with Gasteiger partial charge in [-0.3, -0.25) is 4.68 Å². The number of aromatic nitrogens is 2. The topological polar surface area (TPSA) is 38.0 Å². The van der Waals surface area contributed by atoms with Crippen LogP contribution in [0.2, 0.25) is 10.2 Å². The van der Waals surface area contributed by atoms with Gasteiger partial charge in [-0.2, -0.15) is 5.10 Å². The summed E-state index contributed by atoms with van der Waals surface area (Å²) in [6.07, 6.45) is 0.453. The Morgan fingerprint density at radius 1 is 1.26 bits per heavy atom. The van der Waals surface area contributed by atoms with E-state index in [1.165, 1.54) is 0 Å². The molecule has 0 bridgehead atoms. The van der Waals surface area contributed by atoms with Crippen molar-refractivity contribution in [2.24, 2.45) is 7.05 Å². The Morgan fingerprint density at radius 3 is 2.53 bits per heavy atom.